The van der Waals surface area contributed by atoms with Crippen molar-refractivity contribution < 1.29 is 93.6 Å². The van der Waals surface area contributed by atoms with Gasteiger partial charge in [0.2, 0.25) is 0 Å². The maximum atomic E-state index is 13.8. The maximum absolute atomic E-state index is 13.8. The summed E-state index contributed by atoms with van der Waals surface area (Å²) in [6.07, 6.45) is -34.4. The number of ether oxygens (including phenoxy) is 3. The number of hydrogen-bond acceptors (Lipinski definition) is 4. The molecule has 0 aromatic carbocycles. The molecule has 0 aromatic rings. The van der Waals surface area contributed by atoms with Crippen LogP contribution in [0.5, 0.6) is 0 Å². The van der Waals surface area contributed by atoms with Crippen LogP contribution < -0.4 is 0 Å². The van der Waals surface area contributed by atoms with Crippen LogP contribution >= 0.6 is 0 Å². The van der Waals surface area contributed by atoms with Crippen molar-refractivity contribution in [2.45, 2.75) is 48.4 Å². The molecule has 0 spiro atoms. The number of rotatable bonds is 8. The van der Waals surface area contributed by atoms with Gasteiger partial charge in [-0.25, -0.2) is 4.79 Å². The Morgan fingerprint density at radius 1 is 0.636 bits per heavy atom. The van der Waals surface area contributed by atoms with Gasteiger partial charge in [-0.2, -0.15) is 74.6 Å². The normalized spacial score (nSPS) is 18.2. The summed E-state index contributed by atoms with van der Waals surface area (Å²) >= 11 is 0. The molecular formula is C12H3F17O4. The standard InChI is InChI=1S/C12H3F17O4/c1-2-3-31-4(30)5(13,8(17,18)19)32-12(28,29)7(16,10(23,24)25)33-11(26,27)6(14,15)9(20,21)22/h1H,3H2/t5-,7-/m0/s1. The van der Waals surface area contributed by atoms with E-state index < -0.39 is 61.0 Å². The molecule has 0 unspecified atom stereocenters. The molecule has 33 heavy (non-hydrogen) atoms. The Hall–Kier alpha value is -2.24. The van der Waals surface area contributed by atoms with Crippen molar-refractivity contribution in [2.24, 2.45) is 0 Å². The van der Waals surface area contributed by atoms with Crippen LogP contribution in [0.2, 0.25) is 0 Å². The summed E-state index contributed by atoms with van der Waals surface area (Å²) < 4.78 is 224. The fourth-order valence-electron chi connectivity index (χ4n) is 1.35. The van der Waals surface area contributed by atoms with Gasteiger partial charge in [0.15, 0.2) is 6.61 Å². The van der Waals surface area contributed by atoms with Crippen LogP contribution in [0.15, 0.2) is 0 Å². The van der Waals surface area contributed by atoms with Gasteiger partial charge in [-0.05, 0) is 0 Å². The molecule has 0 aliphatic carbocycles. The highest BCUT2D eigenvalue weighted by atomic mass is 19.4. The number of esters is 1. The molecule has 194 valence electrons. The lowest BCUT2D eigenvalue weighted by atomic mass is 10.2. The van der Waals surface area contributed by atoms with E-state index in [2.05, 4.69) is 11.2 Å². The van der Waals surface area contributed by atoms with Gasteiger partial charge in [0, 0.05) is 0 Å². The molecule has 21 heteroatoms. The van der Waals surface area contributed by atoms with E-state index in [1.54, 1.807) is 4.74 Å². The molecule has 0 radical (unpaired) electrons. The van der Waals surface area contributed by atoms with Gasteiger partial charge >= 0.3 is 54.3 Å². The van der Waals surface area contributed by atoms with E-state index in [0.29, 0.717) is 0 Å². The molecule has 0 bridgehead atoms. The number of hydrogen-bond donors (Lipinski definition) is 0. The summed E-state index contributed by atoms with van der Waals surface area (Å²) in [6.45, 7) is -1.73. The zero-order valence-electron chi connectivity index (χ0n) is 14.3. The molecule has 4 nitrogen and oxygen atoms in total. The molecule has 0 aliphatic heterocycles. The smallest absolute Gasteiger partial charge is 0.448 e. The van der Waals surface area contributed by atoms with Crippen LogP contribution in [0.4, 0.5) is 74.6 Å². The number of carbonyl (C=O) groups excluding carboxylic acids is 1. The minimum Gasteiger partial charge on any atom is -0.448 e. The second kappa shape index (κ2) is 8.52. The van der Waals surface area contributed by atoms with Crippen molar-refractivity contribution in [1.82, 2.24) is 0 Å². The Kier molecular flexibility index (Phi) is 7.94. The summed E-state index contributed by atoms with van der Waals surface area (Å²) in [5, 5.41) is 0. The monoisotopic (exact) mass is 534 g/mol. The van der Waals surface area contributed by atoms with E-state index in [4.69, 9.17) is 0 Å². The van der Waals surface area contributed by atoms with Crippen molar-refractivity contribution in [2.75, 3.05) is 6.61 Å². The molecule has 0 aliphatic rings. The Labute approximate surface area is 168 Å². The van der Waals surface area contributed by atoms with E-state index in [0.717, 1.165) is 5.92 Å². The summed E-state index contributed by atoms with van der Waals surface area (Å²) in [5.41, 5.74) is 0. The molecule has 0 heterocycles. The molecule has 0 amide bonds. The minimum atomic E-state index is -8.08. The third-order valence-corrected chi connectivity index (χ3v) is 2.91. The fourth-order valence-corrected chi connectivity index (χ4v) is 1.35. The minimum absolute atomic E-state index is 1.11. The number of carbonyl (C=O) groups is 1. The first-order chi connectivity index (χ1) is 14.1. The van der Waals surface area contributed by atoms with Crippen LogP contribution in [-0.2, 0) is 19.0 Å². The Morgan fingerprint density at radius 2 is 1.06 bits per heavy atom. The van der Waals surface area contributed by atoms with Gasteiger partial charge < -0.3 is 4.74 Å². The van der Waals surface area contributed by atoms with Crippen LogP contribution in [-0.4, -0.2) is 61.0 Å². The first kappa shape index (κ1) is 30.8. The largest absolute Gasteiger partial charge is 0.462 e. The van der Waals surface area contributed by atoms with E-state index in [9.17, 15) is 79.4 Å². The van der Waals surface area contributed by atoms with Gasteiger partial charge in [-0.3, -0.25) is 9.47 Å². The Balaban J connectivity index is 6.71. The van der Waals surface area contributed by atoms with Crippen molar-refractivity contribution in [3.05, 3.63) is 0 Å². The second-order valence-corrected chi connectivity index (χ2v) is 5.28. The van der Waals surface area contributed by atoms with Crippen LogP contribution in [0.1, 0.15) is 0 Å². The highest BCUT2D eigenvalue weighted by Gasteiger charge is 2.85. The third kappa shape index (κ3) is 5.47. The first-order valence-electron chi connectivity index (χ1n) is 6.87. The molecule has 2 atom stereocenters. The van der Waals surface area contributed by atoms with Gasteiger partial charge in [0.1, 0.15) is 0 Å². The van der Waals surface area contributed by atoms with E-state index >= 15 is 0 Å². The summed E-state index contributed by atoms with van der Waals surface area (Å²) in [4.78, 5) is 11.0. The van der Waals surface area contributed by atoms with Crippen LogP contribution in [0.3, 0.4) is 0 Å². The van der Waals surface area contributed by atoms with Gasteiger partial charge in [-0.1, -0.05) is 5.92 Å². The molecule has 0 rings (SSSR count). The maximum Gasteiger partial charge on any atom is 0.462 e. The summed E-state index contributed by atoms with van der Waals surface area (Å²) in [7, 11) is 0. The quantitative estimate of drug-likeness (QED) is 0.249. The van der Waals surface area contributed by atoms with Crippen molar-refractivity contribution >= 4 is 5.97 Å². The lowest BCUT2D eigenvalue weighted by Crippen LogP contribution is -2.68. The third-order valence-electron chi connectivity index (χ3n) is 2.91. The Bertz CT molecular complexity index is 760. The first-order valence-corrected chi connectivity index (χ1v) is 6.87. The lowest BCUT2D eigenvalue weighted by molar-refractivity contribution is -0.548. The fraction of sp³-hybridized carbons (Fsp3) is 0.750. The van der Waals surface area contributed by atoms with Crippen molar-refractivity contribution in [1.29, 1.82) is 0 Å². The van der Waals surface area contributed by atoms with Gasteiger partial charge in [-0.15, -0.1) is 6.42 Å². The SMILES string of the molecule is C#CCOC(=O)[C@](F)(OC(F)(F)[C@@](F)(OC(F)(F)C(F)(F)C(F)(F)F)C(F)(F)F)C(F)(F)F. The zero-order valence-corrected chi connectivity index (χ0v) is 14.3. The number of halogens is 17. The zero-order chi connectivity index (χ0) is 27.1. The summed E-state index contributed by atoms with van der Waals surface area (Å²) in [6, 6.07) is 0. The average molecular weight is 534 g/mol. The topological polar surface area (TPSA) is 44.8 Å². The van der Waals surface area contributed by atoms with Gasteiger partial charge in [0.05, 0.1) is 0 Å². The highest BCUT2D eigenvalue weighted by Crippen LogP contribution is 2.56. The predicted octanol–water partition coefficient (Wildman–Crippen LogP) is 5.04. The highest BCUT2D eigenvalue weighted by molar-refractivity contribution is 5.79. The number of terminal acetylenes is 1. The van der Waals surface area contributed by atoms with Gasteiger partial charge in [0.25, 0.3) is 0 Å². The molecule has 0 aromatic heterocycles. The van der Waals surface area contributed by atoms with E-state index in [-0.39, 0.29) is 0 Å². The van der Waals surface area contributed by atoms with Crippen LogP contribution in [0, 0.1) is 12.3 Å². The molecule has 0 N–H and O–H groups in total. The lowest BCUT2D eigenvalue weighted by Gasteiger charge is -2.39. The predicted molar refractivity (Wildman–Crippen MR) is 62.6 cm³/mol. The van der Waals surface area contributed by atoms with E-state index in [1.165, 1.54) is 4.74 Å². The van der Waals surface area contributed by atoms with Crippen LogP contribution in [0.25, 0.3) is 0 Å². The van der Waals surface area contributed by atoms with Crippen molar-refractivity contribution in [3.8, 4) is 12.3 Å². The molecule has 0 saturated carbocycles. The van der Waals surface area contributed by atoms with E-state index in [1.807, 2.05) is 0 Å². The average Bonchev–Trinajstić information content (AvgIpc) is 2.55. The Morgan fingerprint density at radius 3 is 1.36 bits per heavy atom. The number of alkyl halides is 17. The van der Waals surface area contributed by atoms with Crippen molar-refractivity contribution in [3.63, 3.8) is 0 Å². The molecule has 0 saturated heterocycles. The molecular weight excluding hydrogens is 531 g/mol. The molecule has 0 fully saturated rings. The second-order valence-electron chi connectivity index (χ2n) is 5.28. The summed E-state index contributed by atoms with van der Waals surface area (Å²) in [5.74, 6) is -25.5.